The van der Waals surface area contributed by atoms with Crippen molar-refractivity contribution in [3.8, 4) is 0 Å². The molecular formula is C21H31N2O4+. The van der Waals surface area contributed by atoms with Crippen LogP contribution in [0.25, 0.3) is 0 Å². The SMILES string of the molecule is O=C(COC(=O)c1ccc(C[NH+]2CCOCC2)cc1)NCC1CCCCC1. The number of carbonyl (C=O) groups excluding carboxylic acids is 2. The van der Waals surface area contributed by atoms with E-state index in [0.29, 0.717) is 18.0 Å². The van der Waals surface area contributed by atoms with E-state index in [1.54, 1.807) is 12.1 Å². The number of ether oxygens (including phenoxy) is 2. The number of nitrogens with one attached hydrogen (secondary N) is 2. The van der Waals surface area contributed by atoms with Crippen molar-refractivity contribution in [2.75, 3.05) is 39.5 Å². The van der Waals surface area contributed by atoms with Gasteiger partial charge in [-0.1, -0.05) is 31.4 Å². The number of benzene rings is 1. The number of hydrogen-bond donors (Lipinski definition) is 2. The maximum absolute atomic E-state index is 12.1. The highest BCUT2D eigenvalue weighted by atomic mass is 16.5. The van der Waals surface area contributed by atoms with Crippen molar-refractivity contribution < 1.29 is 24.0 Å². The summed E-state index contributed by atoms with van der Waals surface area (Å²) in [6.45, 7) is 5.05. The Morgan fingerprint density at radius 3 is 2.48 bits per heavy atom. The number of amides is 1. The predicted molar refractivity (Wildman–Crippen MR) is 102 cm³/mol. The highest BCUT2D eigenvalue weighted by Crippen LogP contribution is 2.22. The van der Waals surface area contributed by atoms with Gasteiger partial charge in [-0.3, -0.25) is 4.79 Å². The van der Waals surface area contributed by atoms with Crippen LogP contribution in [-0.2, 0) is 20.8 Å². The minimum Gasteiger partial charge on any atom is -0.452 e. The number of rotatable bonds is 7. The third kappa shape index (κ3) is 6.63. The van der Waals surface area contributed by atoms with Crippen molar-refractivity contribution in [1.29, 1.82) is 0 Å². The Labute approximate surface area is 161 Å². The van der Waals surface area contributed by atoms with Crippen LogP contribution in [0, 0.1) is 5.92 Å². The highest BCUT2D eigenvalue weighted by molar-refractivity contribution is 5.91. The first-order chi connectivity index (χ1) is 13.2. The van der Waals surface area contributed by atoms with E-state index < -0.39 is 5.97 Å². The minimum atomic E-state index is -0.451. The van der Waals surface area contributed by atoms with Crippen LogP contribution in [0.1, 0.15) is 48.0 Å². The van der Waals surface area contributed by atoms with E-state index in [0.717, 1.165) is 32.8 Å². The van der Waals surface area contributed by atoms with E-state index in [1.807, 2.05) is 12.1 Å². The molecule has 3 rings (SSSR count). The first kappa shape index (κ1) is 19.8. The molecule has 148 valence electrons. The molecule has 2 fully saturated rings. The summed E-state index contributed by atoms with van der Waals surface area (Å²) in [7, 11) is 0. The molecule has 27 heavy (non-hydrogen) atoms. The number of quaternary nitrogens is 1. The molecule has 1 aliphatic heterocycles. The summed E-state index contributed by atoms with van der Waals surface area (Å²) in [6, 6.07) is 7.47. The molecule has 6 nitrogen and oxygen atoms in total. The average molecular weight is 375 g/mol. The monoisotopic (exact) mass is 375 g/mol. The molecule has 0 radical (unpaired) electrons. The molecule has 1 aromatic rings. The van der Waals surface area contributed by atoms with E-state index in [4.69, 9.17) is 9.47 Å². The summed E-state index contributed by atoms with van der Waals surface area (Å²) in [6.07, 6.45) is 6.16. The largest absolute Gasteiger partial charge is 0.452 e. The van der Waals surface area contributed by atoms with Gasteiger partial charge < -0.3 is 19.7 Å². The summed E-state index contributed by atoms with van der Waals surface area (Å²) in [5, 5.41) is 2.88. The van der Waals surface area contributed by atoms with Crippen LogP contribution in [0.15, 0.2) is 24.3 Å². The number of esters is 1. The van der Waals surface area contributed by atoms with Crippen molar-refractivity contribution in [2.45, 2.75) is 38.6 Å². The molecule has 6 heteroatoms. The van der Waals surface area contributed by atoms with Crippen molar-refractivity contribution in [1.82, 2.24) is 5.32 Å². The Morgan fingerprint density at radius 1 is 1.07 bits per heavy atom. The molecule has 1 amide bonds. The summed E-state index contributed by atoms with van der Waals surface area (Å²) in [5.74, 6) is -0.103. The highest BCUT2D eigenvalue weighted by Gasteiger charge is 2.16. The fraction of sp³-hybridized carbons (Fsp3) is 0.619. The second-order valence-corrected chi connectivity index (χ2v) is 7.62. The fourth-order valence-electron chi connectivity index (χ4n) is 3.80. The van der Waals surface area contributed by atoms with Gasteiger partial charge in [0.15, 0.2) is 6.61 Å². The van der Waals surface area contributed by atoms with Crippen molar-refractivity contribution in [3.63, 3.8) is 0 Å². The van der Waals surface area contributed by atoms with Crippen molar-refractivity contribution in [3.05, 3.63) is 35.4 Å². The average Bonchev–Trinajstić information content (AvgIpc) is 2.72. The van der Waals surface area contributed by atoms with Gasteiger partial charge in [-0.2, -0.15) is 0 Å². The van der Waals surface area contributed by atoms with Gasteiger partial charge in [0.2, 0.25) is 0 Å². The third-order valence-corrected chi connectivity index (χ3v) is 5.49. The quantitative estimate of drug-likeness (QED) is 0.697. The summed E-state index contributed by atoms with van der Waals surface area (Å²) >= 11 is 0. The zero-order chi connectivity index (χ0) is 18.9. The molecule has 2 N–H and O–H groups in total. The molecule has 1 aromatic carbocycles. The molecule has 0 bridgehead atoms. The van der Waals surface area contributed by atoms with E-state index in [2.05, 4.69) is 5.32 Å². The molecular weight excluding hydrogens is 344 g/mol. The van der Waals surface area contributed by atoms with Crippen LogP contribution in [0.2, 0.25) is 0 Å². The summed E-state index contributed by atoms with van der Waals surface area (Å²) < 4.78 is 10.5. The molecule has 0 unspecified atom stereocenters. The molecule has 1 aliphatic carbocycles. The lowest BCUT2D eigenvalue weighted by molar-refractivity contribution is -0.921. The van der Waals surface area contributed by atoms with Gasteiger partial charge in [-0.15, -0.1) is 0 Å². The first-order valence-electron chi connectivity index (χ1n) is 10.1. The minimum absolute atomic E-state index is 0.217. The Morgan fingerprint density at radius 2 is 1.78 bits per heavy atom. The van der Waals surface area contributed by atoms with Gasteiger partial charge in [0, 0.05) is 12.1 Å². The lowest BCUT2D eigenvalue weighted by Crippen LogP contribution is -3.12. The lowest BCUT2D eigenvalue weighted by Gasteiger charge is -2.23. The van der Waals surface area contributed by atoms with Gasteiger partial charge in [0.25, 0.3) is 5.91 Å². The maximum Gasteiger partial charge on any atom is 0.338 e. The Balaban J connectivity index is 1.37. The Bertz CT molecular complexity index is 605. The Hall–Kier alpha value is -1.92. The standard InChI is InChI=1S/C21H30N2O4/c24-20(22-14-17-4-2-1-3-5-17)16-27-21(25)19-8-6-18(7-9-19)15-23-10-12-26-13-11-23/h6-9,17H,1-5,10-16H2,(H,22,24)/p+1. The molecule has 0 spiro atoms. The Kier molecular flexibility index (Phi) is 7.66. The number of morpholine rings is 1. The van der Waals surface area contributed by atoms with E-state index >= 15 is 0 Å². The fourth-order valence-corrected chi connectivity index (χ4v) is 3.80. The molecule has 1 heterocycles. The maximum atomic E-state index is 12.1. The molecule has 2 aliphatic rings. The summed E-state index contributed by atoms with van der Waals surface area (Å²) in [5.41, 5.74) is 1.67. The molecule has 1 saturated heterocycles. The van der Waals surface area contributed by atoms with Crippen LogP contribution in [0.5, 0.6) is 0 Å². The van der Waals surface area contributed by atoms with E-state index in [-0.39, 0.29) is 12.5 Å². The van der Waals surface area contributed by atoms with Crippen molar-refractivity contribution in [2.24, 2.45) is 5.92 Å². The van der Waals surface area contributed by atoms with Crippen molar-refractivity contribution >= 4 is 11.9 Å². The molecule has 1 saturated carbocycles. The normalized spacial score (nSPS) is 18.8. The molecule has 0 atom stereocenters. The van der Waals surface area contributed by atoms with E-state index in [9.17, 15) is 9.59 Å². The van der Waals surface area contributed by atoms with Gasteiger partial charge in [0.1, 0.15) is 19.6 Å². The van der Waals surface area contributed by atoms with Crippen LogP contribution >= 0.6 is 0 Å². The predicted octanol–water partition coefficient (Wildman–Crippen LogP) is 0.955. The van der Waals surface area contributed by atoms with E-state index in [1.165, 1.54) is 42.6 Å². The third-order valence-electron chi connectivity index (χ3n) is 5.49. The zero-order valence-corrected chi connectivity index (χ0v) is 16.0. The second kappa shape index (κ2) is 10.4. The topological polar surface area (TPSA) is 69.1 Å². The number of carbonyl (C=O) groups is 2. The molecule has 0 aromatic heterocycles. The lowest BCUT2D eigenvalue weighted by atomic mass is 9.89. The first-order valence-corrected chi connectivity index (χ1v) is 10.1. The van der Waals surface area contributed by atoms with Gasteiger partial charge in [-0.05, 0) is 30.9 Å². The number of hydrogen-bond acceptors (Lipinski definition) is 4. The van der Waals surface area contributed by atoms with Crippen LogP contribution in [-0.4, -0.2) is 51.3 Å². The van der Waals surface area contributed by atoms with Gasteiger partial charge in [0.05, 0.1) is 18.8 Å². The van der Waals surface area contributed by atoms with Gasteiger partial charge in [-0.25, -0.2) is 4.79 Å². The second-order valence-electron chi connectivity index (χ2n) is 7.62. The van der Waals surface area contributed by atoms with Crippen LogP contribution in [0.4, 0.5) is 0 Å². The van der Waals surface area contributed by atoms with Crippen LogP contribution < -0.4 is 10.2 Å². The zero-order valence-electron chi connectivity index (χ0n) is 16.0. The summed E-state index contributed by atoms with van der Waals surface area (Å²) in [4.78, 5) is 25.5. The smallest absolute Gasteiger partial charge is 0.338 e. The van der Waals surface area contributed by atoms with Gasteiger partial charge >= 0.3 is 5.97 Å². The van der Waals surface area contributed by atoms with Crippen LogP contribution in [0.3, 0.4) is 0 Å².